The van der Waals surface area contributed by atoms with Crippen molar-refractivity contribution in [3.63, 3.8) is 0 Å². The lowest BCUT2D eigenvalue weighted by Crippen LogP contribution is -2.44. The van der Waals surface area contributed by atoms with Crippen LogP contribution in [0.3, 0.4) is 0 Å². The largest absolute Gasteiger partial charge is 0.376 e. The topological polar surface area (TPSA) is 46.6 Å². The normalized spacial score (nSPS) is 22.1. The van der Waals surface area contributed by atoms with Crippen LogP contribution in [0.25, 0.3) is 0 Å². The molecule has 100 valence electrons. The fraction of sp³-hybridized carbons (Fsp3) is 0.455. The molecule has 0 aliphatic carbocycles. The van der Waals surface area contributed by atoms with E-state index in [1.165, 1.54) is 0 Å². The Labute approximate surface area is 104 Å². The van der Waals surface area contributed by atoms with Gasteiger partial charge in [0.1, 0.15) is 16.5 Å². The fourth-order valence-electron chi connectivity index (χ4n) is 1.82. The Bertz CT molecular complexity index is 547. The molecule has 0 N–H and O–H groups in total. The Balaban J connectivity index is 2.38. The average molecular weight is 277 g/mol. The second kappa shape index (κ2) is 4.91. The summed E-state index contributed by atoms with van der Waals surface area (Å²) in [5, 5.41) is 0. The molecule has 1 fully saturated rings. The Morgan fingerprint density at radius 2 is 2.11 bits per heavy atom. The Morgan fingerprint density at radius 1 is 1.39 bits per heavy atom. The van der Waals surface area contributed by atoms with Crippen LogP contribution in [0.5, 0.6) is 0 Å². The predicted octanol–water partition coefficient (Wildman–Crippen LogP) is 1.37. The van der Waals surface area contributed by atoms with Gasteiger partial charge in [0, 0.05) is 13.1 Å². The van der Waals surface area contributed by atoms with Gasteiger partial charge in [0.2, 0.25) is 10.0 Å². The summed E-state index contributed by atoms with van der Waals surface area (Å²) >= 11 is 0. The van der Waals surface area contributed by atoms with Crippen LogP contribution in [0.1, 0.15) is 6.92 Å². The van der Waals surface area contributed by atoms with Crippen LogP contribution in [0.2, 0.25) is 0 Å². The van der Waals surface area contributed by atoms with Gasteiger partial charge < -0.3 is 4.74 Å². The third-order valence-electron chi connectivity index (χ3n) is 2.71. The van der Waals surface area contributed by atoms with E-state index in [2.05, 4.69) is 0 Å². The molecule has 1 atom stereocenters. The molecule has 1 heterocycles. The molecule has 1 unspecified atom stereocenters. The van der Waals surface area contributed by atoms with E-state index in [0.717, 1.165) is 16.4 Å². The van der Waals surface area contributed by atoms with Gasteiger partial charge in [0.05, 0.1) is 12.7 Å². The molecule has 0 spiro atoms. The molecule has 0 amide bonds. The summed E-state index contributed by atoms with van der Waals surface area (Å²) in [6, 6.07) is 2.40. The standard InChI is InChI=1S/C11H13F2NO3S/c1-8-7-14(4-5-17-8)18(15,16)11-6-9(12)2-3-10(11)13/h2-3,6,8H,4-5,7H2,1H3. The van der Waals surface area contributed by atoms with Crippen molar-refractivity contribution in [2.24, 2.45) is 0 Å². The van der Waals surface area contributed by atoms with Crippen molar-refractivity contribution < 1.29 is 21.9 Å². The van der Waals surface area contributed by atoms with Gasteiger partial charge >= 0.3 is 0 Å². The van der Waals surface area contributed by atoms with E-state index >= 15 is 0 Å². The molecule has 1 aliphatic rings. The molecule has 1 aromatic rings. The number of sulfonamides is 1. The second-order valence-corrected chi connectivity index (χ2v) is 6.03. The van der Waals surface area contributed by atoms with Crippen LogP contribution in [-0.4, -0.2) is 38.5 Å². The zero-order valence-electron chi connectivity index (χ0n) is 9.77. The predicted molar refractivity (Wildman–Crippen MR) is 60.5 cm³/mol. The maximum atomic E-state index is 13.5. The average Bonchev–Trinajstić information content (AvgIpc) is 2.32. The van der Waals surface area contributed by atoms with Gasteiger partial charge in [0.15, 0.2) is 0 Å². The summed E-state index contributed by atoms with van der Waals surface area (Å²) in [6.07, 6.45) is -0.259. The molecular formula is C11H13F2NO3S. The van der Waals surface area contributed by atoms with Crippen LogP contribution >= 0.6 is 0 Å². The van der Waals surface area contributed by atoms with Crippen LogP contribution in [0.15, 0.2) is 23.1 Å². The summed E-state index contributed by atoms with van der Waals surface area (Å²) in [5.74, 6) is -1.73. The zero-order valence-corrected chi connectivity index (χ0v) is 10.6. The fourth-order valence-corrected chi connectivity index (χ4v) is 3.39. The highest BCUT2D eigenvalue weighted by Crippen LogP contribution is 2.22. The summed E-state index contributed by atoms with van der Waals surface area (Å²) in [4.78, 5) is -0.628. The lowest BCUT2D eigenvalue weighted by Gasteiger charge is -2.30. The first-order valence-electron chi connectivity index (χ1n) is 5.48. The third kappa shape index (κ3) is 2.52. The number of morpholine rings is 1. The van der Waals surface area contributed by atoms with Crippen molar-refractivity contribution in [1.29, 1.82) is 0 Å². The number of hydrogen-bond donors (Lipinski definition) is 0. The minimum atomic E-state index is -4.01. The van der Waals surface area contributed by atoms with Gasteiger partial charge in [-0.1, -0.05) is 0 Å². The number of halogens is 2. The summed E-state index contributed by atoms with van der Waals surface area (Å²) in [6.45, 7) is 2.25. The quantitative estimate of drug-likeness (QED) is 0.820. The van der Waals surface area contributed by atoms with Crippen LogP contribution < -0.4 is 0 Å². The van der Waals surface area contributed by atoms with E-state index in [4.69, 9.17) is 4.74 Å². The van der Waals surface area contributed by atoms with Gasteiger partial charge in [-0.25, -0.2) is 17.2 Å². The zero-order chi connectivity index (χ0) is 13.3. The molecule has 2 rings (SSSR count). The molecule has 0 bridgehead atoms. The van der Waals surface area contributed by atoms with Crippen LogP contribution in [-0.2, 0) is 14.8 Å². The first kappa shape index (κ1) is 13.4. The Kier molecular flexibility index (Phi) is 3.65. The van der Waals surface area contributed by atoms with E-state index < -0.39 is 26.6 Å². The molecule has 1 aromatic carbocycles. The Hall–Kier alpha value is -1.05. The van der Waals surface area contributed by atoms with Gasteiger partial charge in [-0.15, -0.1) is 0 Å². The van der Waals surface area contributed by atoms with E-state index in [1.54, 1.807) is 6.92 Å². The summed E-state index contributed by atoms with van der Waals surface area (Å²) in [7, 11) is -4.01. The SMILES string of the molecule is CC1CN(S(=O)(=O)c2cc(F)ccc2F)CCO1. The van der Waals surface area contributed by atoms with Crippen LogP contribution in [0, 0.1) is 11.6 Å². The highest BCUT2D eigenvalue weighted by molar-refractivity contribution is 7.89. The molecule has 0 aromatic heterocycles. The number of hydrogen-bond acceptors (Lipinski definition) is 3. The molecule has 18 heavy (non-hydrogen) atoms. The van der Waals surface area contributed by atoms with Crippen molar-refractivity contribution in [3.8, 4) is 0 Å². The minimum Gasteiger partial charge on any atom is -0.376 e. The third-order valence-corrected chi connectivity index (χ3v) is 4.60. The lowest BCUT2D eigenvalue weighted by atomic mass is 10.3. The van der Waals surface area contributed by atoms with Crippen LogP contribution in [0.4, 0.5) is 8.78 Å². The van der Waals surface area contributed by atoms with Crippen molar-refractivity contribution in [3.05, 3.63) is 29.8 Å². The lowest BCUT2D eigenvalue weighted by molar-refractivity contribution is 0.0101. The van der Waals surface area contributed by atoms with Gasteiger partial charge in [-0.3, -0.25) is 0 Å². The Morgan fingerprint density at radius 3 is 2.78 bits per heavy atom. The molecule has 7 heteroatoms. The molecule has 1 saturated heterocycles. The minimum absolute atomic E-state index is 0.137. The van der Waals surface area contributed by atoms with Crippen molar-refractivity contribution >= 4 is 10.0 Å². The van der Waals surface area contributed by atoms with Crippen molar-refractivity contribution in [2.75, 3.05) is 19.7 Å². The van der Waals surface area contributed by atoms with E-state index in [-0.39, 0.29) is 25.8 Å². The van der Waals surface area contributed by atoms with Crippen molar-refractivity contribution in [1.82, 2.24) is 4.31 Å². The number of rotatable bonds is 2. The summed E-state index contributed by atoms with van der Waals surface area (Å²) in [5.41, 5.74) is 0. The van der Waals surface area contributed by atoms with E-state index in [0.29, 0.717) is 6.07 Å². The van der Waals surface area contributed by atoms with Gasteiger partial charge in [0.25, 0.3) is 0 Å². The highest BCUT2D eigenvalue weighted by atomic mass is 32.2. The molecular weight excluding hydrogens is 264 g/mol. The van der Waals surface area contributed by atoms with Crippen molar-refractivity contribution in [2.45, 2.75) is 17.9 Å². The molecule has 0 saturated carbocycles. The number of benzene rings is 1. The second-order valence-electron chi connectivity index (χ2n) is 4.12. The smallest absolute Gasteiger partial charge is 0.246 e. The highest BCUT2D eigenvalue weighted by Gasteiger charge is 2.31. The van der Waals surface area contributed by atoms with Gasteiger partial charge in [-0.2, -0.15) is 4.31 Å². The van der Waals surface area contributed by atoms with E-state index in [9.17, 15) is 17.2 Å². The number of ether oxygens (including phenoxy) is 1. The molecule has 0 radical (unpaired) electrons. The van der Waals surface area contributed by atoms with E-state index in [1.807, 2.05) is 0 Å². The first-order chi connectivity index (χ1) is 8.41. The molecule has 1 aliphatic heterocycles. The monoisotopic (exact) mass is 277 g/mol. The summed E-state index contributed by atoms with van der Waals surface area (Å²) < 4.78 is 57.2. The van der Waals surface area contributed by atoms with Gasteiger partial charge in [-0.05, 0) is 25.1 Å². The number of nitrogens with zero attached hydrogens (tertiary/aromatic N) is 1. The maximum Gasteiger partial charge on any atom is 0.246 e. The molecule has 4 nitrogen and oxygen atoms in total. The maximum absolute atomic E-state index is 13.5. The first-order valence-corrected chi connectivity index (χ1v) is 6.92.